The Kier molecular flexibility index (Phi) is 3.63. The molecule has 0 amide bonds. The molecule has 2 aromatic rings. The van der Waals surface area contributed by atoms with Crippen LogP contribution < -0.4 is 11.4 Å². The molecule has 1 aromatic carbocycles. The van der Waals surface area contributed by atoms with Gasteiger partial charge < -0.3 is 5.11 Å². The van der Waals surface area contributed by atoms with Crippen LogP contribution in [-0.2, 0) is 6.54 Å². The fourth-order valence-corrected chi connectivity index (χ4v) is 1.56. The minimum atomic E-state index is -0.642. The van der Waals surface area contributed by atoms with E-state index in [0.29, 0.717) is 5.56 Å². The second kappa shape index (κ2) is 5.37. The first-order valence-corrected chi connectivity index (χ1v) is 5.37. The highest BCUT2D eigenvalue weighted by molar-refractivity contribution is 5.38. The summed E-state index contributed by atoms with van der Waals surface area (Å²) in [5, 5.41) is 12.8. The van der Waals surface area contributed by atoms with Crippen LogP contribution in [0.3, 0.4) is 0 Å². The van der Waals surface area contributed by atoms with Gasteiger partial charge in [0.05, 0.1) is 6.54 Å². The normalized spacial score (nSPS) is 10.0. The Morgan fingerprint density at radius 3 is 2.58 bits per heavy atom. The molecule has 0 aliphatic heterocycles. The van der Waals surface area contributed by atoms with E-state index in [2.05, 4.69) is 22.0 Å². The minimum Gasteiger partial charge on any atom is -0.384 e. The van der Waals surface area contributed by atoms with Gasteiger partial charge in [-0.25, -0.2) is 28.7 Å². The molecule has 0 bridgehead atoms. The number of rotatable bonds is 2. The van der Waals surface area contributed by atoms with Crippen molar-refractivity contribution in [3.63, 3.8) is 0 Å². The molecule has 0 saturated heterocycles. The van der Waals surface area contributed by atoms with Crippen LogP contribution in [0.25, 0.3) is 0 Å². The number of nitrogens with zero attached hydrogens (tertiary/aromatic N) is 1. The molecule has 98 valence electrons. The fourth-order valence-electron chi connectivity index (χ4n) is 1.56. The molecule has 19 heavy (non-hydrogen) atoms. The zero-order valence-corrected chi connectivity index (χ0v) is 9.74. The van der Waals surface area contributed by atoms with Crippen molar-refractivity contribution in [3.05, 3.63) is 56.1 Å². The number of H-pyrrole nitrogens is 2. The van der Waals surface area contributed by atoms with Crippen LogP contribution in [0.4, 0.5) is 4.39 Å². The Morgan fingerprint density at radius 1 is 1.26 bits per heavy atom. The quantitative estimate of drug-likeness (QED) is 0.632. The van der Waals surface area contributed by atoms with E-state index in [1.807, 2.05) is 0 Å². The average molecular weight is 263 g/mol. The maximum absolute atomic E-state index is 13.6. The molecule has 6 nitrogen and oxygen atoms in total. The minimum absolute atomic E-state index is 0.164. The third-order valence-electron chi connectivity index (χ3n) is 2.45. The molecular formula is C12H10FN3O3. The standard InChI is InChI=1S/C12H10FN3O3/c13-10-4-3-8(2-1-5-17)6-9(10)7-16-11(18)14-15-12(16)19/h3-4,6,17H,5,7H2,(H,14,18)(H,15,19). The van der Waals surface area contributed by atoms with Crippen LogP contribution in [0.15, 0.2) is 27.8 Å². The molecule has 3 N–H and O–H groups in total. The molecule has 0 atom stereocenters. The number of hydrogen-bond acceptors (Lipinski definition) is 3. The highest BCUT2D eigenvalue weighted by Gasteiger charge is 2.08. The highest BCUT2D eigenvalue weighted by Crippen LogP contribution is 2.10. The summed E-state index contributed by atoms with van der Waals surface area (Å²) in [6, 6.07) is 4.07. The van der Waals surface area contributed by atoms with E-state index in [1.54, 1.807) is 0 Å². The summed E-state index contributed by atoms with van der Waals surface area (Å²) in [6.45, 7) is -0.498. The van der Waals surface area contributed by atoms with Crippen molar-refractivity contribution < 1.29 is 9.50 Å². The third-order valence-corrected chi connectivity index (χ3v) is 2.45. The van der Waals surface area contributed by atoms with Crippen molar-refractivity contribution >= 4 is 0 Å². The van der Waals surface area contributed by atoms with Gasteiger partial charge in [-0.3, -0.25) is 0 Å². The zero-order chi connectivity index (χ0) is 13.8. The highest BCUT2D eigenvalue weighted by atomic mass is 19.1. The number of aromatic nitrogens is 3. The van der Waals surface area contributed by atoms with Crippen molar-refractivity contribution in [2.45, 2.75) is 6.54 Å². The molecule has 0 aliphatic rings. The Balaban J connectivity index is 2.40. The summed E-state index contributed by atoms with van der Waals surface area (Å²) in [5.74, 6) is 4.52. The Morgan fingerprint density at radius 2 is 1.95 bits per heavy atom. The Labute approximate surface area is 106 Å². The number of nitrogens with one attached hydrogen (secondary N) is 2. The lowest BCUT2D eigenvalue weighted by molar-refractivity contribution is 0.350. The number of aromatic amines is 2. The van der Waals surface area contributed by atoms with Crippen LogP contribution in [0.1, 0.15) is 11.1 Å². The van der Waals surface area contributed by atoms with Crippen molar-refractivity contribution in [1.29, 1.82) is 0 Å². The van der Waals surface area contributed by atoms with Gasteiger partial charge in [-0.2, -0.15) is 0 Å². The summed E-state index contributed by atoms with van der Waals surface area (Å²) >= 11 is 0. The second-order valence-corrected chi connectivity index (χ2v) is 3.71. The van der Waals surface area contributed by atoms with Gasteiger partial charge in [-0.15, -0.1) is 0 Å². The van der Waals surface area contributed by atoms with Crippen LogP contribution in [0.2, 0.25) is 0 Å². The summed E-state index contributed by atoms with van der Waals surface area (Å²) in [4.78, 5) is 22.6. The summed E-state index contributed by atoms with van der Waals surface area (Å²) in [5.41, 5.74) is -0.630. The van der Waals surface area contributed by atoms with Gasteiger partial charge in [-0.1, -0.05) is 11.8 Å². The van der Waals surface area contributed by atoms with E-state index in [9.17, 15) is 14.0 Å². The SMILES string of the molecule is O=c1[nH][nH]c(=O)n1Cc1cc(C#CCO)ccc1F. The second-order valence-electron chi connectivity index (χ2n) is 3.71. The van der Waals surface area contributed by atoms with E-state index >= 15 is 0 Å². The van der Waals surface area contributed by atoms with Gasteiger partial charge in [0, 0.05) is 11.1 Å². The maximum atomic E-state index is 13.6. The summed E-state index contributed by atoms with van der Waals surface area (Å²) < 4.78 is 14.4. The predicted molar refractivity (Wildman–Crippen MR) is 65.1 cm³/mol. The average Bonchev–Trinajstić information content (AvgIpc) is 2.71. The Bertz CT molecular complexity index is 733. The molecule has 0 radical (unpaired) electrons. The van der Waals surface area contributed by atoms with Crippen molar-refractivity contribution in [2.75, 3.05) is 6.61 Å². The van der Waals surface area contributed by atoms with E-state index in [-0.39, 0.29) is 18.7 Å². The molecule has 0 unspecified atom stereocenters. The predicted octanol–water partition coefficient (Wildman–Crippen LogP) is -0.604. The van der Waals surface area contributed by atoms with Gasteiger partial charge in [0.1, 0.15) is 12.4 Å². The first-order valence-electron chi connectivity index (χ1n) is 5.37. The zero-order valence-electron chi connectivity index (χ0n) is 9.74. The molecule has 0 aliphatic carbocycles. The fraction of sp³-hybridized carbons (Fsp3) is 0.167. The lowest BCUT2D eigenvalue weighted by Gasteiger charge is -2.03. The number of hydrogen-bond donors (Lipinski definition) is 3. The molecule has 2 rings (SSSR count). The largest absolute Gasteiger partial charge is 0.384 e. The van der Waals surface area contributed by atoms with Crippen molar-refractivity contribution in [1.82, 2.24) is 14.8 Å². The smallest absolute Gasteiger partial charge is 0.344 e. The van der Waals surface area contributed by atoms with E-state index in [4.69, 9.17) is 5.11 Å². The van der Waals surface area contributed by atoms with Crippen LogP contribution in [0.5, 0.6) is 0 Å². The van der Waals surface area contributed by atoms with Gasteiger partial charge in [0.15, 0.2) is 0 Å². The maximum Gasteiger partial charge on any atom is 0.344 e. The van der Waals surface area contributed by atoms with Gasteiger partial charge >= 0.3 is 11.4 Å². The first-order chi connectivity index (χ1) is 9.11. The van der Waals surface area contributed by atoms with Crippen molar-refractivity contribution in [2.24, 2.45) is 0 Å². The third kappa shape index (κ3) is 2.81. The lowest BCUT2D eigenvalue weighted by Crippen LogP contribution is -2.27. The number of aliphatic hydroxyl groups is 1. The number of halogens is 1. The number of aliphatic hydroxyl groups excluding tert-OH is 1. The molecule has 7 heteroatoms. The molecular weight excluding hydrogens is 253 g/mol. The summed E-state index contributed by atoms with van der Waals surface area (Å²) in [6.07, 6.45) is 0. The van der Waals surface area contributed by atoms with E-state index in [0.717, 1.165) is 4.57 Å². The van der Waals surface area contributed by atoms with Crippen molar-refractivity contribution in [3.8, 4) is 11.8 Å². The van der Waals surface area contributed by atoms with Crippen LogP contribution >= 0.6 is 0 Å². The van der Waals surface area contributed by atoms with Gasteiger partial charge in [-0.05, 0) is 18.2 Å². The molecule has 0 saturated carbocycles. The van der Waals surface area contributed by atoms with E-state index in [1.165, 1.54) is 18.2 Å². The summed E-state index contributed by atoms with van der Waals surface area (Å²) in [7, 11) is 0. The van der Waals surface area contributed by atoms with Gasteiger partial charge in [0.2, 0.25) is 0 Å². The molecule has 1 aromatic heterocycles. The molecule has 0 spiro atoms. The monoisotopic (exact) mass is 263 g/mol. The first kappa shape index (κ1) is 12.9. The lowest BCUT2D eigenvalue weighted by atomic mass is 10.1. The van der Waals surface area contributed by atoms with Gasteiger partial charge in [0.25, 0.3) is 0 Å². The molecule has 0 fully saturated rings. The molecule has 1 heterocycles. The van der Waals surface area contributed by atoms with E-state index < -0.39 is 17.2 Å². The topological polar surface area (TPSA) is 90.9 Å². The van der Waals surface area contributed by atoms with Crippen LogP contribution in [0, 0.1) is 17.7 Å². The van der Waals surface area contributed by atoms with Crippen LogP contribution in [-0.4, -0.2) is 26.5 Å². The Hall–Kier alpha value is -2.59. The number of benzene rings is 1.